The SMILES string of the molecule is CCN(CC)CC.CN(CCCS(=O)(=O)O)CC1COc2cscc2O1. The average Bonchev–Trinajstić information content (AvgIpc) is 3.03. The maximum absolute atomic E-state index is 10.6. The van der Waals surface area contributed by atoms with Gasteiger partial charge in [-0.05, 0) is 39.6 Å². The molecule has 0 saturated carbocycles. The second-order valence-electron chi connectivity index (χ2n) is 6.17. The highest BCUT2D eigenvalue weighted by Gasteiger charge is 2.22. The Labute approximate surface area is 161 Å². The van der Waals surface area contributed by atoms with Crippen LogP contribution in [0.15, 0.2) is 10.8 Å². The van der Waals surface area contributed by atoms with E-state index in [4.69, 9.17) is 14.0 Å². The largest absolute Gasteiger partial charge is 0.485 e. The summed E-state index contributed by atoms with van der Waals surface area (Å²) in [7, 11) is -1.98. The number of rotatable bonds is 9. The number of hydrogen-bond donors (Lipinski definition) is 1. The van der Waals surface area contributed by atoms with E-state index in [0.717, 1.165) is 11.5 Å². The molecule has 0 spiro atoms. The molecular formula is C17H32N2O5S2. The predicted molar refractivity (Wildman–Crippen MR) is 106 cm³/mol. The Hall–Kier alpha value is -0.870. The van der Waals surface area contributed by atoms with Gasteiger partial charge in [0.15, 0.2) is 11.5 Å². The summed E-state index contributed by atoms with van der Waals surface area (Å²) in [6, 6.07) is 0. The summed E-state index contributed by atoms with van der Waals surface area (Å²) in [5.74, 6) is 1.34. The van der Waals surface area contributed by atoms with E-state index in [-0.39, 0.29) is 11.9 Å². The normalized spacial score (nSPS) is 16.5. The van der Waals surface area contributed by atoms with Crippen molar-refractivity contribution in [2.24, 2.45) is 0 Å². The van der Waals surface area contributed by atoms with Gasteiger partial charge in [-0.3, -0.25) is 4.55 Å². The topological polar surface area (TPSA) is 79.3 Å². The molecule has 1 aliphatic rings. The number of nitrogens with zero attached hydrogens (tertiary/aromatic N) is 2. The van der Waals surface area contributed by atoms with Crippen LogP contribution < -0.4 is 9.47 Å². The van der Waals surface area contributed by atoms with E-state index in [1.54, 1.807) is 0 Å². The lowest BCUT2D eigenvalue weighted by atomic mass is 10.3. The van der Waals surface area contributed by atoms with E-state index >= 15 is 0 Å². The molecule has 1 N–H and O–H groups in total. The van der Waals surface area contributed by atoms with Crippen molar-refractivity contribution in [1.29, 1.82) is 0 Å². The standard InChI is InChI=1S/C11H17NO5S2.C6H15N/c1-12(3-2-4-19(13,14)15)5-9-6-16-10-7-18-8-11(10)17-9;1-4-7(5-2)6-3/h7-9H,2-6H2,1H3,(H,13,14,15);4-6H2,1-3H3. The molecule has 0 saturated heterocycles. The molecule has 1 atom stereocenters. The van der Waals surface area contributed by atoms with Crippen LogP contribution in [0, 0.1) is 0 Å². The monoisotopic (exact) mass is 408 g/mol. The van der Waals surface area contributed by atoms with Gasteiger partial charge in [-0.2, -0.15) is 8.42 Å². The van der Waals surface area contributed by atoms with E-state index in [1.165, 1.54) is 31.0 Å². The summed E-state index contributed by atoms with van der Waals surface area (Å²) >= 11 is 1.53. The molecule has 1 aromatic rings. The van der Waals surface area contributed by atoms with Crippen molar-refractivity contribution >= 4 is 21.5 Å². The molecule has 9 heteroatoms. The zero-order valence-corrected chi connectivity index (χ0v) is 17.8. The first kappa shape index (κ1) is 23.2. The zero-order valence-electron chi connectivity index (χ0n) is 16.2. The van der Waals surface area contributed by atoms with Crippen molar-refractivity contribution in [2.45, 2.75) is 33.3 Å². The Morgan fingerprint density at radius 3 is 2.35 bits per heavy atom. The summed E-state index contributed by atoms with van der Waals surface area (Å²) in [4.78, 5) is 4.34. The van der Waals surface area contributed by atoms with E-state index in [2.05, 4.69) is 25.7 Å². The van der Waals surface area contributed by atoms with Crippen LogP contribution in [0.1, 0.15) is 27.2 Å². The quantitative estimate of drug-likeness (QED) is 0.629. The maximum Gasteiger partial charge on any atom is 0.264 e. The molecule has 152 valence electrons. The van der Waals surface area contributed by atoms with Crippen LogP contribution in [-0.2, 0) is 10.1 Å². The first-order valence-electron chi connectivity index (χ1n) is 9.00. The highest BCUT2D eigenvalue weighted by atomic mass is 32.2. The van der Waals surface area contributed by atoms with Crippen LogP contribution in [0.5, 0.6) is 11.5 Å². The van der Waals surface area contributed by atoms with Gasteiger partial charge in [-0.25, -0.2) is 0 Å². The van der Waals surface area contributed by atoms with Gasteiger partial charge >= 0.3 is 0 Å². The Bertz CT molecular complexity index is 597. The summed E-state index contributed by atoms with van der Waals surface area (Å²) < 4.78 is 41.2. The van der Waals surface area contributed by atoms with Crippen LogP contribution in [0.2, 0.25) is 0 Å². The van der Waals surface area contributed by atoms with Gasteiger partial charge in [0.1, 0.15) is 12.7 Å². The second-order valence-corrected chi connectivity index (χ2v) is 8.49. The molecule has 0 fully saturated rings. The Morgan fingerprint density at radius 2 is 1.81 bits per heavy atom. The first-order chi connectivity index (χ1) is 12.3. The molecule has 0 aromatic carbocycles. The van der Waals surface area contributed by atoms with Crippen LogP contribution in [-0.4, -0.2) is 81.0 Å². The van der Waals surface area contributed by atoms with Crippen LogP contribution >= 0.6 is 11.3 Å². The Morgan fingerprint density at radius 1 is 1.19 bits per heavy atom. The third-order valence-corrected chi connectivity index (χ3v) is 5.62. The van der Waals surface area contributed by atoms with Crippen LogP contribution in [0.3, 0.4) is 0 Å². The minimum Gasteiger partial charge on any atom is -0.485 e. The lowest BCUT2D eigenvalue weighted by Gasteiger charge is -2.28. The number of thiophene rings is 1. The second kappa shape index (κ2) is 11.8. The number of fused-ring (bicyclic) bond motifs is 1. The molecule has 0 radical (unpaired) electrons. The highest BCUT2D eigenvalue weighted by molar-refractivity contribution is 7.85. The third kappa shape index (κ3) is 9.18. The van der Waals surface area contributed by atoms with Crippen molar-refractivity contribution in [3.8, 4) is 11.5 Å². The fourth-order valence-corrected chi connectivity index (χ4v) is 3.74. The van der Waals surface area contributed by atoms with Gasteiger partial charge in [0.05, 0.1) is 5.75 Å². The summed E-state index contributed by atoms with van der Waals surface area (Å²) in [6.07, 6.45) is 0.338. The lowest BCUT2D eigenvalue weighted by Crippen LogP contribution is -2.39. The molecule has 2 rings (SSSR count). The summed E-state index contributed by atoms with van der Waals surface area (Å²) in [6.45, 7) is 11.9. The highest BCUT2D eigenvalue weighted by Crippen LogP contribution is 2.35. The summed E-state index contributed by atoms with van der Waals surface area (Å²) in [5.41, 5.74) is 0. The predicted octanol–water partition coefficient (Wildman–Crippen LogP) is 2.45. The first-order valence-corrected chi connectivity index (χ1v) is 11.6. The van der Waals surface area contributed by atoms with Crippen molar-refractivity contribution in [1.82, 2.24) is 9.80 Å². The molecule has 1 aromatic heterocycles. The fraction of sp³-hybridized carbons (Fsp3) is 0.765. The molecule has 0 amide bonds. The van der Waals surface area contributed by atoms with E-state index in [9.17, 15) is 8.42 Å². The number of likely N-dealkylation sites (N-methyl/N-ethyl adjacent to an activating group) is 1. The molecule has 1 unspecified atom stereocenters. The maximum atomic E-state index is 10.6. The van der Waals surface area contributed by atoms with Gasteiger partial charge in [0, 0.05) is 17.3 Å². The van der Waals surface area contributed by atoms with Gasteiger partial charge in [0.25, 0.3) is 10.1 Å². The van der Waals surface area contributed by atoms with Gasteiger partial charge in [-0.15, -0.1) is 11.3 Å². The molecule has 0 aliphatic carbocycles. The van der Waals surface area contributed by atoms with Crippen molar-refractivity contribution in [3.63, 3.8) is 0 Å². The molecule has 26 heavy (non-hydrogen) atoms. The molecule has 0 bridgehead atoms. The zero-order chi connectivity index (χ0) is 19.6. The van der Waals surface area contributed by atoms with Gasteiger partial charge in [-0.1, -0.05) is 20.8 Å². The van der Waals surface area contributed by atoms with Crippen molar-refractivity contribution < 1.29 is 22.4 Å². The Balaban J connectivity index is 0.000000412. The summed E-state index contributed by atoms with van der Waals surface area (Å²) in [5, 5.41) is 3.81. The van der Waals surface area contributed by atoms with Crippen LogP contribution in [0.25, 0.3) is 0 Å². The molecule has 1 aliphatic heterocycles. The van der Waals surface area contributed by atoms with Gasteiger partial charge < -0.3 is 19.3 Å². The smallest absolute Gasteiger partial charge is 0.264 e. The number of hydrogen-bond acceptors (Lipinski definition) is 7. The van der Waals surface area contributed by atoms with Gasteiger partial charge in [0.2, 0.25) is 0 Å². The van der Waals surface area contributed by atoms with E-state index in [0.29, 0.717) is 26.1 Å². The van der Waals surface area contributed by atoms with E-state index in [1.807, 2.05) is 22.7 Å². The molecular weight excluding hydrogens is 376 g/mol. The lowest BCUT2D eigenvalue weighted by molar-refractivity contribution is 0.0667. The van der Waals surface area contributed by atoms with Crippen molar-refractivity contribution in [2.75, 3.05) is 52.1 Å². The van der Waals surface area contributed by atoms with Crippen molar-refractivity contribution in [3.05, 3.63) is 10.8 Å². The average molecular weight is 409 g/mol. The molecule has 7 nitrogen and oxygen atoms in total. The molecule has 2 heterocycles. The number of ether oxygens (including phenoxy) is 2. The third-order valence-electron chi connectivity index (χ3n) is 4.11. The fourth-order valence-electron chi connectivity index (χ4n) is 2.58. The minimum atomic E-state index is -3.87. The minimum absolute atomic E-state index is 0.0576. The Kier molecular flexibility index (Phi) is 10.5. The van der Waals surface area contributed by atoms with Crippen LogP contribution in [0.4, 0.5) is 0 Å². The van der Waals surface area contributed by atoms with E-state index < -0.39 is 10.1 Å².